The Hall–Kier alpha value is -1.28. The third kappa shape index (κ3) is 1.90. The minimum atomic E-state index is 0.184. The first kappa shape index (κ1) is 12.7. The summed E-state index contributed by atoms with van der Waals surface area (Å²) in [6, 6.07) is 9.16. The van der Waals surface area contributed by atoms with Crippen LogP contribution in [0.1, 0.15) is 31.2 Å². The first-order chi connectivity index (χ1) is 9.17. The molecule has 1 aromatic rings. The molecular formula is C17H23NO. The number of fused-ring (bicyclic) bond motifs is 2. The van der Waals surface area contributed by atoms with Crippen LogP contribution in [0.15, 0.2) is 36.4 Å². The van der Waals surface area contributed by atoms with Gasteiger partial charge in [0.15, 0.2) is 0 Å². The van der Waals surface area contributed by atoms with Gasteiger partial charge in [0, 0.05) is 11.5 Å². The highest BCUT2D eigenvalue weighted by Crippen LogP contribution is 2.49. The third-order valence-corrected chi connectivity index (χ3v) is 5.14. The highest BCUT2D eigenvalue weighted by Gasteiger charge is 2.45. The van der Waals surface area contributed by atoms with Crippen molar-refractivity contribution in [3.8, 4) is 5.75 Å². The Labute approximate surface area is 116 Å². The SMILES string of the molecule is C=C1[C@H]2CCC[C@@]1(c1cccc(OC)c1)CCN2C. The molecule has 0 radical (unpaired) electrons. The smallest absolute Gasteiger partial charge is 0.119 e. The van der Waals surface area contributed by atoms with Crippen molar-refractivity contribution in [3.63, 3.8) is 0 Å². The van der Waals surface area contributed by atoms with Gasteiger partial charge in [0.2, 0.25) is 0 Å². The number of hydrogen-bond donors (Lipinski definition) is 0. The number of likely N-dealkylation sites (N-methyl/N-ethyl adjacent to an activating group) is 1. The molecule has 0 amide bonds. The maximum atomic E-state index is 5.40. The summed E-state index contributed by atoms with van der Waals surface area (Å²) in [5.41, 5.74) is 3.00. The van der Waals surface area contributed by atoms with Gasteiger partial charge in [0.25, 0.3) is 0 Å². The van der Waals surface area contributed by atoms with Crippen LogP contribution in [0.4, 0.5) is 0 Å². The van der Waals surface area contributed by atoms with E-state index in [0.717, 1.165) is 5.75 Å². The van der Waals surface area contributed by atoms with Gasteiger partial charge in [-0.1, -0.05) is 25.1 Å². The number of hydrogen-bond acceptors (Lipinski definition) is 2. The van der Waals surface area contributed by atoms with Gasteiger partial charge in [-0.3, -0.25) is 4.90 Å². The zero-order valence-electron chi connectivity index (χ0n) is 12.0. The highest BCUT2D eigenvalue weighted by atomic mass is 16.5. The van der Waals surface area contributed by atoms with E-state index in [2.05, 4.69) is 36.7 Å². The van der Waals surface area contributed by atoms with Gasteiger partial charge in [-0.15, -0.1) is 0 Å². The minimum absolute atomic E-state index is 0.184. The molecule has 19 heavy (non-hydrogen) atoms. The second-order valence-electron chi connectivity index (χ2n) is 5.98. The lowest BCUT2D eigenvalue weighted by atomic mass is 9.61. The monoisotopic (exact) mass is 257 g/mol. The average molecular weight is 257 g/mol. The van der Waals surface area contributed by atoms with E-state index in [1.165, 1.54) is 43.4 Å². The fourth-order valence-corrected chi connectivity index (χ4v) is 3.94. The van der Waals surface area contributed by atoms with Gasteiger partial charge >= 0.3 is 0 Å². The summed E-state index contributed by atoms with van der Waals surface area (Å²) in [5.74, 6) is 0.959. The van der Waals surface area contributed by atoms with Gasteiger partial charge < -0.3 is 4.74 Å². The van der Waals surface area contributed by atoms with E-state index in [1.54, 1.807) is 7.11 Å². The minimum Gasteiger partial charge on any atom is -0.497 e. The molecule has 102 valence electrons. The molecule has 1 saturated carbocycles. The van der Waals surface area contributed by atoms with Gasteiger partial charge in [-0.2, -0.15) is 0 Å². The van der Waals surface area contributed by atoms with Crippen LogP contribution in [0.2, 0.25) is 0 Å². The summed E-state index contributed by atoms with van der Waals surface area (Å²) in [7, 11) is 3.97. The van der Waals surface area contributed by atoms with E-state index in [-0.39, 0.29) is 5.41 Å². The first-order valence-corrected chi connectivity index (χ1v) is 7.21. The molecule has 0 unspecified atom stereocenters. The fourth-order valence-electron chi connectivity index (χ4n) is 3.94. The number of nitrogens with zero attached hydrogens (tertiary/aromatic N) is 1. The predicted molar refractivity (Wildman–Crippen MR) is 78.7 cm³/mol. The molecule has 1 aliphatic carbocycles. The van der Waals surface area contributed by atoms with Crippen LogP contribution >= 0.6 is 0 Å². The van der Waals surface area contributed by atoms with Crippen LogP contribution < -0.4 is 4.74 Å². The van der Waals surface area contributed by atoms with Crippen molar-refractivity contribution in [3.05, 3.63) is 42.0 Å². The Kier molecular flexibility index (Phi) is 3.14. The Morgan fingerprint density at radius 1 is 1.37 bits per heavy atom. The van der Waals surface area contributed by atoms with Gasteiger partial charge in [0.05, 0.1) is 7.11 Å². The lowest BCUT2D eigenvalue weighted by Crippen LogP contribution is -2.51. The normalized spacial score (nSPS) is 31.3. The lowest BCUT2D eigenvalue weighted by molar-refractivity contribution is 0.136. The second-order valence-corrected chi connectivity index (χ2v) is 5.98. The molecule has 2 atom stereocenters. The van der Waals surface area contributed by atoms with Crippen molar-refractivity contribution in [2.24, 2.45) is 0 Å². The molecule has 1 heterocycles. The molecule has 2 nitrogen and oxygen atoms in total. The van der Waals surface area contributed by atoms with Crippen molar-refractivity contribution in [1.29, 1.82) is 0 Å². The number of rotatable bonds is 2. The fraction of sp³-hybridized carbons (Fsp3) is 0.529. The van der Waals surface area contributed by atoms with Crippen molar-refractivity contribution < 1.29 is 4.74 Å². The summed E-state index contributed by atoms with van der Waals surface area (Å²) < 4.78 is 5.40. The number of methoxy groups -OCH3 is 1. The molecule has 0 N–H and O–H groups in total. The molecule has 0 spiro atoms. The average Bonchev–Trinajstić information content (AvgIpc) is 2.44. The summed E-state index contributed by atoms with van der Waals surface area (Å²) >= 11 is 0. The molecule has 0 aromatic heterocycles. The number of piperidine rings is 1. The van der Waals surface area contributed by atoms with Crippen LogP contribution in [0.25, 0.3) is 0 Å². The maximum absolute atomic E-state index is 5.40. The van der Waals surface area contributed by atoms with Crippen LogP contribution in [-0.4, -0.2) is 31.6 Å². The lowest BCUT2D eigenvalue weighted by Gasteiger charge is -2.51. The predicted octanol–water partition coefficient (Wildman–Crippen LogP) is 3.38. The molecule has 2 aliphatic rings. The maximum Gasteiger partial charge on any atom is 0.119 e. The quantitative estimate of drug-likeness (QED) is 0.753. The van der Waals surface area contributed by atoms with E-state index < -0.39 is 0 Å². The summed E-state index contributed by atoms with van der Waals surface area (Å²) in [4.78, 5) is 2.47. The Bertz CT molecular complexity index is 496. The molecule has 1 aromatic carbocycles. The standard InChI is InChI=1S/C17H23NO/c1-13-16-8-5-9-17(13,10-11-18(16)2)14-6-4-7-15(12-14)19-3/h4,6-7,12,16H,1,5,8-11H2,2-3H3/t16-,17-/m1/s1. The van der Waals surface area contributed by atoms with Crippen LogP contribution in [0.5, 0.6) is 5.75 Å². The van der Waals surface area contributed by atoms with Crippen molar-refractivity contribution in [2.75, 3.05) is 20.7 Å². The first-order valence-electron chi connectivity index (χ1n) is 7.21. The molecule has 2 fully saturated rings. The van der Waals surface area contributed by atoms with Gasteiger partial charge in [0.1, 0.15) is 5.75 Å². The molecule has 1 aliphatic heterocycles. The van der Waals surface area contributed by atoms with E-state index in [9.17, 15) is 0 Å². The third-order valence-electron chi connectivity index (χ3n) is 5.14. The van der Waals surface area contributed by atoms with Crippen molar-refractivity contribution >= 4 is 0 Å². The van der Waals surface area contributed by atoms with Crippen molar-refractivity contribution in [2.45, 2.75) is 37.1 Å². The van der Waals surface area contributed by atoms with E-state index in [1.807, 2.05) is 6.07 Å². The van der Waals surface area contributed by atoms with E-state index in [4.69, 9.17) is 4.74 Å². The Morgan fingerprint density at radius 2 is 2.21 bits per heavy atom. The molecule has 3 rings (SSSR count). The van der Waals surface area contributed by atoms with E-state index >= 15 is 0 Å². The van der Waals surface area contributed by atoms with Gasteiger partial charge in [-0.25, -0.2) is 0 Å². The van der Waals surface area contributed by atoms with Gasteiger partial charge in [-0.05, 0) is 56.1 Å². The van der Waals surface area contributed by atoms with Crippen LogP contribution in [0.3, 0.4) is 0 Å². The summed E-state index contributed by atoms with van der Waals surface area (Å²) in [6.07, 6.45) is 4.99. The Balaban J connectivity index is 2.03. The molecule has 2 bridgehead atoms. The highest BCUT2D eigenvalue weighted by molar-refractivity contribution is 5.43. The van der Waals surface area contributed by atoms with Crippen LogP contribution in [0, 0.1) is 0 Å². The number of ether oxygens (including phenoxy) is 1. The van der Waals surface area contributed by atoms with Crippen molar-refractivity contribution in [1.82, 2.24) is 4.90 Å². The van der Waals surface area contributed by atoms with Crippen LogP contribution in [-0.2, 0) is 5.41 Å². The largest absolute Gasteiger partial charge is 0.497 e. The summed E-state index contributed by atoms with van der Waals surface area (Å²) in [5, 5.41) is 0. The zero-order chi connectivity index (χ0) is 13.5. The molecule has 1 saturated heterocycles. The zero-order valence-corrected chi connectivity index (χ0v) is 12.0. The van der Waals surface area contributed by atoms with E-state index in [0.29, 0.717) is 6.04 Å². The number of benzene rings is 1. The second kappa shape index (κ2) is 4.68. The molecule has 2 heteroatoms. The molecular weight excluding hydrogens is 234 g/mol. The summed E-state index contributed by atoms with van der Waals surface area (Å²) in [6.45, 7) is 5.64. The topological polar surface area (TPSA) is 12.5 Å². The number of likely N-dealkylation sites (tertiary alicyclic amines) is 1. The Morgan fingerprint density at radius 3 is 3.00 bits per heavy atom.